The number of hydrogen-bond donors (Lipinski definition) is 2. The molecule has 3 unspecified atom stereocenters. The second-order valence-electron chi connectivity index (χ2n) is 7.81. The summed E-state index contributed by atoms with van der Waals surface area (Å²) in [5, 5.41) is 13.3. The third kappa shape index (κ3) is 5.25. The lowest BCUT2D eigenvalue weighted by molar-refractivity contribution is -0.119. The summed E-state index contributed by atoms with van der Waals surface area (Å²) in [6, 6.07) is 10.4. The maximum atomic E-state index is 11.8. The first kappa shape index (κ1) is 21.1. The number of alkyl halides is 1. The van der Waals surface area contributed by atoms with E-state index in [4.69, 9.17) is 21.1 Å². The van der Waals surface area contributed by atoms with Gasteiger partial charge < -0.3 is 14.6 Å². The fourth-order valence-electron chi connectivity index (χ4n) is 4.12. The molecule has 6 nitrogen and oxygen atoms in total. The fraction of sp³-hybridized carbons (Fsp3) is 0.619. The van der Waals surface area contributed by atoms with Crippen LogP contribution in [-0.2, 0) is 20.7 Å². The molecular formula is C21H28ClNO5. The van der Waals surface area contributed by atoms with Gasteiger partial charge >= 0.3 is 6.09 Å². The van der Waals surface area contributed by atoms with E-state index in [0.717, 1.165) is 25.7 Å². The Morgan fingerprint density at radius 2 is 2.00 bits per heavy atom. The van der Waals surface area contributed by atoms with E-state index in [1.807, 2.05) is 18.2 Å². The maximum Gasteiger partial charge on any atom is 0.414 e. The Morgan fingerprint density at radius 3 is 2.68 bits per heavy atom. The average Bonchev–Trinajstić information content (AvgIpc) is 3.47. The molecule has 0 bridgehead atoms. The molecule has 28 heavy (non-hydrogen) atoms. The number of benzene rings is 1. The second-order valence-corrected chi connectivity index (χ2v) is 8.08. The van der Waals surface area contributed by atoms with Gasteiger partial charge in [0.05, 0.1) is 12.2 Å². The van der Waals surface area contributed by atoms with E-state index in [1.54, 1.807) is 0 Å². The lowest BCUT2D eigenvalue weighted by atomic mass is 9.71. The quantitative estimate of drug-likeness (QED) is 0.390. The van der Waals surface area contributed by atoms with Crippen molar-refractivity contribution in [2.45, 2.75) is 68.7 Å². The Morgan fingerprint density at radius 1 is 1.25 bits per heavy atom. The van der Waals surface area contributed by atoms with Crippen molar-refractivity contribution < 1.29 is 24.2 Å². The molecule has 3 atom stereocenters. The SMILES string of the molecule is O=C(CCl)NC(=O)OC1CCC2(CO2)C(O)(CCCCCc2ccccc2)C1. The van der Waals surface area contributed by atoms with E-state index in [2.05, 4.69) is 17.4 Å². The summed E-state index contributed by atoms with van der Waals surface area (Å²) in [5.74, 6) is -0.901. The minimum Gasteiger partial charge on any atom is -0.446 e. The molecule has 1 saturated carbocycles. The Bertz CT molecular complexity index is 679. The topological polar surface area (TPSA) is 88.2 Å². The van der Waals surface area contributed by atoms with Gasteiger partial charge in [-0.25, -0.2) is 4.79 Å². The van der Waals surface area contributed by atoms with Gasteiger partial charge in [-0.2, -0.15) is 0 Å². The number of carbonyl (C=O) groups excluding carboxylic acids is 2. The summed E-state index contributed by atoms with van der Waals surface area (Å²) in [6.45, 7) is 0.553. The first-order valence-corrected chi connectivity index (χ1v) is 10.5. The normalized spacial score (nSPS) is 28.7. The van der Waals surface area contributed by atoms with Gasteiger partial charge in [0.2, 0.25) is 5.91 Å². The fourth-order valence-corrected chi connectivity index (χ4v) is 4.19. The highest BCUT2D eigenvalue weighted by atomic mass is 35.5. The summed E-state index contributed by atoms with van der Waals surface area (Å²) in [6.07, 6.45) is 4.95. The Balaban J connectivity index is 1.45. The molecule has 154 valence electrons. The molecule has 1 saturated heterocycles. The molecular weight excluding hydrogens is 382 g/mol. The van der Waals surface area contributed by atoms with Crippen LogP contribution in [0, 0.1) is 0 Å². The molecule has 1 aromatic carbocycles. The number of ether oxygens (including phenoxy) is 2. The number of aliphatic hydroxyl groups is 1. The first-order valence-electron chi connectivity index (χ1n) is 9.93. The highest BCUT2D eigenvalue weighted by molar-refractivity contribution is 6.28. The number of rotatable bonds is 8. The van der Waals surface area contributed by atoms with Crippen LogP contribution >= 0.6 is 11.6 Å². The van der Waals surface area contributed by atoms with Gasteiger partial charge in [-0.05, 0) is 37.7 Å². The number of nitrogens with one attached hydrogen (secondary N) is 1. The molecule has 2 aliphatic rings. The minimum atomic E-state index is -1.00. The Kier molecular flexibility index (Phi) is 6.96. The van der Waals surface area contributed by atoms with Crippen LogP contribution < -0.4 is 5.32 Å². The minimum absolute atomic E-state index is 0.302. The standard InChI is InChI=1S/C21H28ClNO5/c22-14-18(24)23-19(25)28-17-10-12-21(15-27-21)20(26,13-17)11-6-2-5-9-16-7-3-1-4-8-16/h1,3-4,7-8,17,26H,2,5-6,9-15H2,(H,23,24,25). The van der Waals surface area contributed by atoms with Crippen LogP contribution in [0.3, 0.4) is 0 Å². The van der Waals surface area contributed by atoms with E-state index in [1.165, 1.54) is 5.56 Å². The number of alkyl carbamates (subject to hydrolysis) is 1. The van der Waals surface area contributed by atoms with Crippen molar-refractivity contribution in [1.29, 1.82) is 0 Å². The number of halogens is 1. The van der Waals surface area contributed by atoms with Gasteiger partial charge in [0.15, 0.2) is 0 Å². The lowest BCUT2D eigenvalue weighted by Crippen LogP contribution is -2.53. The third-order valence-electron chi connectivity index (χ3n) is 5.81. The highest BCUT2D eigenvalue weighted by Crippen LogP contribution is 2.51. The molecule has 2 amide bonds. The van der Waals surface area contributed by atoms with Gasteiger partial charge in [-0.15, -0.1) is 11.6 Å². The molecule has 1 heterocycles. The summed E-state index contributed by atoms with van der Waals surface area (Å²) >= 11 is 5.38. The summed E-state index contributed by atoms with van der Waals surface area (Å²) < 4.78 is 11.0. The van der Waals surface area contributed by atoms with E-state index in [9.17, 15) is 14.7 Å². The summed E-state index contributed by atoms with van der Waals surface area (Å²) in [7, 11) is 0. The number of aryl methyl sites for hydroxylation is 1. The van der Waals surface area contributed by atoms with Crippen molar-refractivity contribution in [3.05, 3.63) is 35.9 Å². The third-order valence-corrected chi connectivity index (χ3v) is 6.05. The smallest absolute Gasteiger partial charge is 0.414 e. The van der Waals surface area contributed by atoms with Gasteiger partial charge in [0, 0.05) is 6.42 Å². The van der Waals surface area contributed by atoms with Crippen LogP contribution in [0.15, 0.2) is 30.3 Å². The molecule has 1 spiro atoms. The largest absolute Gasteiger partial charge is 0.446 e. The summed E-state index contributed by atoms with van der Waals surface area (Å²) in [4.78, 5) is 23.0. The molecule has 3 rings (SSSR count). The molecule has 7 heteroatoms. The monoisotopic (exact) mass is 409 g/mol. The molecule has 1 aromatic rings. The van der Waals surface area contributed by atoms with Crippen molar-refractivity contribution in [2.24, 2.45) is 0 Å². The van der Waals surface area contributed by atoms with E-state index < -0.39 is 29.3 Å². The van der Waals surface area contributed by atoms with Crippen LogP contribution in [0.25, 0.3) is 0 Å². The van der Waals surface area contributed by atoms with E-state index in [-0.39, 0.29) is 5.88 Å². The van der Waals surface area contributed by atoms with Gasteiger partial charge in [-0.1, -0.05) is 43.2 Å². The van der Waals surface area contributed by atoms with Crippen LogP contribution in [0.4, 0.5) is 4.79 Å². The Hall–Kier alpha value is -1.63. The number of amides is 2. The molecule has 0 aromatic heterocycles. The molecule has 0 radical (unpaired) electrons. The van der Waals surface area contributed by atoms with Crippen molar-refractivity contribution in [2.75, 3.05) is 12.5 Å². The van der Waals surface area contributed by atoms with E-state index >= 15 is 0 Å². The first-order chi connectivity index (χ1) is 13.5. The lowest BCUT2D eigenvalue weighted by Gasteiger charge is -2.41. The number of epoxide rings is 1. The van der Waals surface area contributed by atoms with Crippen LogP contribution in [0.1, 0.15) is 50.5 Å². The average molecular weight is 410 g/mol. The maximum absolute atomic E-state index is 11.8. The van der Waals surface area contributed by atoms with Gasteiger partial charge in [0.25, 0.3) is 0 Å². The predicted molar refractivity (Wildman–Crippen MR) is 105 cm³/mol. The highest BCUT2D eigenvalue weighted by Gasteiger charge is 2.63. The molecule has 2 N–H and O–H groups in total. The Labute approximate surface area is 170 Å². The van der Waals surface area contributed by atoms with Crippen molar-refractivity contribution in [1.82, 2.24) is 5.32 Å². The number of carbonyl (C=O) groups is 2. The van der Waals surface area contributed by atoms with Crippen LogP contribution in [0.2, 0.25) is 0 Å². The second kappa shape index (κ2) is 9.25. The van der Waals surface area contributed by atoms with Crippen LogP contribution in [-0.4, -0.2) is 46.9 Å². The summed E-state index contributed by atoms with van der Waals surface area (Å²) in [5.41, 5.74) is -0.166. The van der Waals surface area contributed by atoms with Crippen molar-refractivity contribution >= 4 is 23.6 Å². The zero-order chi connectivity index (χ0) is 20.0. The van der Waals surface area contributed by atoms with Gasteiger partial charge in [-0.3, -0.25) is 10.1 Å². The zero-order valence-electron chi connectivity index (χ0n) is 16.0. The molecule has 1 aliphatic carbocycles. The van der Waals surface area contributed by atoms with Crippen LogP contribution in [0.5, 0.6) is 0 Å². The zero-order valence-corrected chi connectivity index (χ0v) is 16.7. The van der Waals surface area contributed by atoms with Crippen molar-refractivity contribution in [3.8, 4) is 0 Å². The molecule has 1 aliphatic heterocycles. The van der Waals surface area contributed by atoms with E-state index in [0.29, 0.717) is 32.3 Å². The van der Waals surface area contributed by atoms with Crippen molar-refractivity contribution in [3.63, 3.8) is 0 Å². The number of hydrogen-bond acceptors (Lipinski definition) is 5. The molecule has 2 fully saturated rings. The van der Waals surface area contributed by atoms with Gasteiger partial charge in [0.1, 0.15) is 17.6 Å². The predicted octanol–water partition coefficient (Wildman–Crippen LogP) is 3.33. The number of imide groups is 1. The number of unbranched alkanes of at least 4 members (excludes halogenated alkanes) is 2.